The summed E-state index contributed by atoms with van der Waals surface area (Å²) in [6.07, 6.45) is 4.82. The largest absolute Gasteiger partial charge is 0.468 e. The molecule has 0 saturated heterocycles. The Morgan fingerprint density at radius 3 is 2.37 bits per heavy atom. The smallest absolute Gasteiger partial charge is 0.327 e. The fraction of sp³-hybridized carbons (Fsp3) is 0.933. The van der Waals surface area contributed by atoms with Gasteiger partial charge in [0.15, 0.2) is 0 Å². The van der Waals surface area contributed by atoms with E-state index in [4.69, 9.17) is 4.74 Å². The van der Waals surface area contributed by atoms with Gasteiger partial charge >= 0.3 is 5.97 Å². The van der Waals surface area contributed by atoms with Crippen LogP contribution in [0.3, 0.4) is 0 Å². The molecule has 0 aromatic carbocycles. The Kier molecular flexibility index (Phi) is 4.51. The lowest BCUT2D eigenvalue weighted by Gasteiger charge is -2.37. The molecule has 110 valence electrons. The molecule has 0 radical (unpaired) electrons. The Labute approximate surface area is 116 Å². The molecule has 2 aliphatic rings. The molecule has 0 amide bonds. The summed E-state index contributed by atoms with van der Waals surface area (Å²) in [7, 11) is 3.40. The first kappa shape index (κ1) is 14.8. The van der Waals surface area contributed by atoms with E-state index in [9.17, 15) is 4.79 Å². The standard InChI is InChI=1S/C15H28N2O2/c1-11(2)9-17(13-7-8-13)10-15(16-3,12-5-6-12)14(18)19-4/h11-13,16H,5-10H2,1-4H3. The van der Waals surface area contributed by atoms with Gasteiger partial charge in [-0.05, 0) is 44.6 Å². The van der Waals surface area contributed by atoms with Gasteiger partial charge in [-0.15, -0.1) is 0 Å². The Hall–Kier alpha value is -0.610. The minimum atomic E-state index is -0.494. The van der Waals surface area contributed by atoms with Gasteiger partial charge in [0.25, 0.3) is 0 Å². The summed E-state index contributed by atoms with van der Waals surface area (Å²) in [6, 6.07) is 0.679. The Morgan fingerprint density at radius 2 is 2.00 bits per heavy atom. The molecule has 4 heteroatoms. The van der Waals surface area contributed by atoms with Crippen LogP contribution in [0, 0.1) is 11.8 Å². The van der Waals surface area contributed by atoms with Crippen LogP contribution < -0.4 is 5.32 Å². The second-order valence-corrected chi connectivity index (χ2v) is 6.54. The summed E-state index contributed by atoms with van der Waals surface area (Å²) in [5.41, 5.74) is -0.494. The maximum absolute atomic E-state index is 12.3. The highest BCUT2D eigenvalue weighted by atomic mass is 16.5. The summed E-state index contributed by atoms with van der Waals surface area (Å²) in [5.74, 6) is 0.984. The number of carbonyl (C=O) groups excluding carboxylic acids is 1. The van der Waals surface area contributed by atoms with Crippen LogP contribution in [0.5, 0.6) is 0 Å². The molecule has 1 atom stereocenters. The van der Waals surface area contributed by atoms with E-state index >= 15 is 0 Å². The molecule has 1 unspecified atom stereocenters. The molecule has 0 aliphatic heterocycles. The van der Waals surface area contributed by atoms with Crippen molar-refractivity contribution < 1.29 is 9.53 Å². The van der Waals surface area contributed by atoms with E-state index in [1.165, 1.54) is 20.0 Å². The van der Waals surface area contributed by atoms with Gasteiger partial charge in [-0.25, -0.2) is 4.79 Å². The number of nitrogens with one attached hydrogen (secondary N) is 1. The number of methoxy groups -OCH3 is 1. The average Bonchev–Trinajstić information content (AvgIpc) is 3.24. The first-order valence-corrected chi connectivity index (χ1v) is 7.55. The van der Waals surface area contributed by atoms with Crippen molar-refractivity contribution in [2.24, 2.45) is 11.8 Å². The van der Waals surface area contributed by atoms with E-state index in [0.717, 1.165) is 25.9 Å². The highest BCUT2D eigenvalue weighted by Crippen LogP contribution is 2.42. The van der Waals surface area contributed by atoms with Crippen LogP contribution in [0.2, 0.25) is 0 Å². The summed E-state index contributed by atoms with van der Waals surface area (Å²) in [4.78, 5) is 14.8. The Balaban J connectivity index is 2.10. The van der Waals surface area contributed by atoms with Crippen molar-refractivity contribution in [3.05, 3.63) is 0 Å². The molecular weight excluding hydrogens is 240 g/mol. The summed E-state index contributed by atoms with van der Waals surface area (Å²) < 4.78 is 5.09. The third-order valence-electron chi connectivity index (χ3n) is 4.39. The Morgan fingerprint density at radius 1 is 1.37 bits per heavy atom. The molecule has 19 heavy (non-hydrogen) atoms. The number of hydrogen-bond donors (Lipinski definition) is 1. The highest BCUT2D eigenvalue weighted by Gasteiger charge is 2.52. The minimum Gasteiger partial charge on any atom is -0.468 e. The maximum Gasteiger partial charge on any atom is 0.327 e. The van der Waals surface area contributed by atoms with Crippen LogP contribution >= 0.6 is 0 Å². The SMILES string of the molecule is CNC(CN(CC(C)C)C1CC1)(C(=O)OC)C1CC1. The lowest BCUT2D eigenvalue weighted by molar-refractivity contribution is -0.150. The van der Waals surface area contributed by atoms with Gasteiger partial charge in [0.1, 0.15) is 5.54 Å². The molecule has 0 spiro atoms. The predicted molar refractivity (Wildman–Crippen MR) is 76.0 cm³/mol. The fourth-order valence-electron chi connectivity index (χ4n) is 3.08. The third-order valence-corrected chi connectivity index (χ3v) is 4.39. The van der Waals surface area contributed by atoms with E-state index < -0.39 is 5.54 Å². The number of hydrogen-bond acceptors (Lipinski definition) is 4. The number of likely N-dealkylation sites (N-methyl/N-ethyl adjacent to an activating group) is 1. The molecule has 2 fully saturated rings. The monoisotopic (exact) mass is 268 g/mol. The van der Waals surface area contributed by atoms with E-state index in [2.05, 4.69) is 24.1 Å². The number of esters is 1. The van der Waals surface area contributed by atoms with E-state index in [1.807, 2.05) is 7.05 Å². The van der Waals surface area contributed by atoms with Crippen molar-refractivity contribution in [3.63, 3.8) is 0 Å². The van der Waals surface area contributed by atoms with Crippen molar-refractivity contribution in [1.82, 2.24) is 10.2 Å². The van der Waals surface area contributed by atoms with Gasteiger partial charge in [-0.1, -0.05) is 13.8 Å². The van der Waals surface area contributed by atoms with Crippen LogP contribution in [0.15, 0.2) is 0 Å². The number of rotatable bonds is 8. The van der Waals surface area contributed by atoms with Crippen molar-refractivity contribution in [1.29, 1.82) is 0 Å². The topological polar surface area (TPSA) is 41.6 Å². The normalized spacial score (nSPS) is 22.6. The number of carbonyl (C=O) groups is 1. The zero-order valence-electron chi connectivity index (χ0n) is 12.7. The molecule has 0 bridgehead atoms. The van der Waals surface area contributed by atoms with E-state index in [0.29, 0.717) is 17.9 Å². The second-order valence-electron chi connectivity index (χ2n) is 6.54. The average molecular weight is 268 g/mol. The van der Waals surface area contributed by atoms with E-state index in [1.54, 1.807) is 0 Å². The Bertz CT molecular complexity index is 324. The lowest BCUT2D eigenvalue weighted by Crippen LogP contribution is -2.60. The molecule has 2 rings (SSSR count). The van der Waals surface area contributed by atoms with Crippen molar-refractivity contribution >= 4 is 5.97 Å². The van der Waals surface area contributed by atoms with Gasteiger partial charge in [-0.2, -0.15) is 0 Å². The quantitative estimate of drug-likeness (QED) is 0.680. The molecular formula is C15H28N2O2. The number of ether oxygens (including phenoxy) is 1. The van der Waals surface area contributed by atoms with Crippen LogP contribution in [-0.2, 0) is 9.53 Å². The molecule has 0 aromatic rings. The molecule has 2 saturated carbocycles. The molecule has 4 nitrogen and oxygen atoms in total. The van der Waals surface area contributed by atoms with Crippen LogP contribution in [0.4, 0.5) is 0 Å². The molecule has 1 N–H and O–H groups in total. The highest BCUT2D eigenvalue weighted by molar-refractivity contribution is 5.82. The van der Waals surface area contributed by atoms with Gasteiger partial charge in [-0.3, -0.25) is 4.90 Å². The van der Waals surface area contributed by atoms with Gasteiger partial charge < -0.3 is 10.1 Å². The van der Waals surface area contributed by atoms with Crippen molar-refractivity contribution in [2.45, 2.75) is 51.1 Å². The van der Waals surface area contributed by atoms with Crippen molar-refractivity contribution in [3.8, 4) is 0 Å². The summed E-state index contributed by atoms with van der Waals surface area (Å²) in [5, 5.41) is 3.30. The third kappa shape index (κ3) is 3.29. The predicted octanol–water partition coefficient (Wildman–Crippen LogP) is 1.65. The van der Waals surface area contributed by atoms with Crippen LogP contribution in [0.25, 0.3) is 0 Å². The molecule has 0 aromatic heterocycles. The summed E-state index contributed by atoms with van der Waals surface area (Å²) >= 11 is 0. The maximum atomic E-state index is 12.3. The van der Waals surface area contributed by atoms with Crippen LogP contribution in [0.1, 0.15) is 39.5 Å². The zero-order valence-corrected chi connectivity index (χ0v) is 12.7. The lowest BCUT2D eigenvalue weighted by atomic mass is 9.92. The zero-order chi connectivity index (χ0) is 14.0. The van der Waals surface area contributed by atoms with Gasteiger partial charge in [0.05, 0.1) is 7.11 Å². The number of nitrogens with zero attached hydrogens (tertiary/aromatic N) is 1. The van der Waals surface area contributed by atoms with Crippen LogP contribution in [-0.4, -0.2) is 49.7 Å². The van der Waals surface area contributed by atoms with E-state index in [-0.39, 0.29) is 5.97 Å². The second kappa shape index (κ2) is 5.80. The minimum absolute atomic E-state index is 0.0908. The summed E-state index contributed by atoms with van der Waals surface area (Å²) in [6.45, 7) is 6.35. The molecule has 2 aliphatic carbocycles. The van der Waals surface area contributed by atoms with Gasteiger partial charge in [0, 0.05) is 19.1 Å². The first-order valence-electron chi connectivity index (χ1n) is 7.55. The van der Waals surface area contributed by atoms with Gasteiger partial charge in [0.2, 0.25) is 0 Å². The molecule has 0 heterocycles. The first-order chi connectivity index (χ1) is 9.03. The fourth-order valence-corrected chi connectivity index (χ4v) is 3.08. The van der Waals surface area contributed by atoms with Crippen molar-refractivity contribution in [2.75, 3.05) is 27.2 Å².